The highest BCUT2D eigenvalue weighted by Gasteiger charge is 1.91. The van der Waals surface area contributed by atoms with Crippen LogP contribution in [-0.4, -0.2) is 9.97 Å². The summed E-state index contributed by atoms with van der Waals surface area (Å²) in [6.45, 7) is 1.78. The van der Waals surface area contributed by atoms with E-state index in [0.29, 0.717) is 5.82 Å². The molecule has 1 aromatic heterocycles. The normalized spacial score (nSPS) is 9.44. The van der Waals surface area contributed by atoms with E-state index < -0.39 is 5.69 Å². The molecule has 0 saturated carbocycles. The summed E-state index contributed by atoms with van der Waals surface area (Å²) in [5.74, 6) is 0.291. The van der Waals surface area contributed by atoms with Crippen molar-refractivity contribution >= 4 is 5.82 Å². The quantitative estimate of drug-likeness (QED) is 0.499. The zero-order valence-electron chi connectivity index (χ0n) is 5.01. The van der Waals surface area contributed by atoms with Crippen LogP contribution in [0.25, 0.3) is 0 Å². The van der Waals surface area contributed by atoms with Crippen molar-refractivity contribution in [2.75, 3.05) is 5.73 Å². The second kappa shape index (κ2) is 1.89. The van der Waals surface area contributed by atoms with Crippen molar-refractivity contribution in [1.29, 1.82) is 0 Å². The maximum absolute atomic E-state index is 10.4. The molecule has 3 N–H and O–H groups in total. The number of aromatic amines is 1. The Balaban J connectivity index is 3.34. The van der Waals surface area contributed by atoms with Crippen LogP contribution < -0.4 is 11.4 Å². The van der Waals surface area contributed by atoms with Crippen molar-refractivity contribution in [3.8, 4) is 0 Å². The Labute approximate surface area is 51.7 Å². The predicted octanol–water partition coefficient (Wildman–Crippen LogP) is -0.339. The van der Waals surface area contributed by atoms with E-state index in [1.807, 2.05) is 0 Å². The van der Waals surface area contributed by atoms with E-state index in [2.05, 4.69) is 9.97 Å². The number of nitrogens with one attached hydrogen (secondary N) is 1. The first-order valence-electron chi connectivity index (χ1n) is 2.52. The Hall–Kier alpha value is -1.32. The van der Waals surface area contributed by atoms with Gasteiger partial charge in [0.05, 0.1) is 0 Å². The zero-order valence-corrected chi connectivity index (χ0v) is 5.01. The molecule has 4 heteroatoms. The third-order valence-electron chi connectivity index (χ3n) is 1.04. The first kappa shape index (κ1) is 5.81. The van der Waals surface area contributed by atoms with Crippen LogP contribution >= 0.6 is 0 Å². The van der Waals surface area contributed by atoms with Crippen LogP contribution in [0.15, 0.2) is 11.0 Å². The third-order valence-corrected chi connectivity index (χ3v) is 1.04. The van der Waals surface area contributed by atoms with E-state index in [4.69, 9.17) is 5.73 Å². The molecule has 0 unspecified atom stereocenters. The second-order valence-corrected chi connectivity index (χ2v) is 1.77. The van der Waals surface area contributed by atoms with Crippen molar-refractivity contribution in [2.24, 2.45) is 0 Å². The summed E-state index contributed by atoms with van der Waals surface area (Å²) in [6, 6.07) is 0. The molecule has 0 radical (unpaired) electrons. The van der Waals surface area contributed by atoms with Gasteiger partial charge < -0.3 is 10.7 Å². The van der Waals surface area contributed by atoms with Crippen LogP contribution in [0.1, 0.15) is 5.56 Å². The summed E-state index contributed by atoms with van der Waals surface area (Å²) < 4.78 is 0. The lowest BCUT2D eigenvalue weighted by atomic mass is 10.4. The first-order chi connectivity index (χ1) is 4.20. The van der Waals surface area contributed by atoms with Gasteiger partial charge in [0.15, 0.2) is 0 Å². The summed E-state index contributed by atoms with van der Waals surface area (Å²) >= 11 is 0. The SMILES string of the molecule is Cc1c[nH][13c](=O)nc1N. The van der Waals surface area contributed by atoms with Crippen molar-refractivity contribution in [1.82, 2.24) is 9.97 Å². The molecule has 0 fully saturated rings. The summed E-state index contributed by atoms with van der Waals surface area (Å²) in [6.07, 6.45) is 1.53. The van der Waals surface area contributed by atoms with Gasteiger partial charge in [0.2, 0.25) is 0 Å². The fourth-order valence-corrected chi connectivity index (χ4v) is 0.474. The number of anilines is 1. The van der Waals surface area contributed by atoms with Crippen molar-refractivity contribution in [3.05, 3.63) is 22.2 Å². The van der Waals surface area contributed by atoms with Crippen LogP contribution in [0.3, 0.4) is 0 Å². The van der Waals surface area contributed by atoms with Gasteiger partial charge in [0.25, 0.3) is 0 Å². The molecule has 0 bridgehead atoms. The van der Waals surface area contributed by atoms with E-state index >= 15 is 0 Å². The number of nitrogen functional groups attached to an aromatic ring is 1. The Morgan fingerprint density at radius 3 is 2.89 bits per heavy atom. The van der Waals surface area contributed by atoms with E-state index in [1.165, 1.54) is 6.20 Å². The molecule has 0 spiro atoms. The minimum absolute atomic E-state index is 0.291. The maximum Gasteiger partial charge on any atom is 0.346 e. The summed E-state index contributed by atoms with van der Waals surface area (Å²) in [5, 5.41) is 0. The molecule has 0 aliphatic carbocycles. The molecule has 1 rings (SSSR count). The summed E-state index contributed by atoms with van der Waals surface area (Å²) in [7, 11) is 0. The molecule has 1 heterocycles. The van der Waals surface area contributed by atoms with Crippen LogP contribution in [0.4, 0.5) is 5.82 Å². The number of aromatic nitrogens is 2. The number of hydrogen-bond donors (Lipinski definition) is 2. The lowest BCUT2D eigenvalue weighted by Gasteiger charge is -1.92. The van der Waals surface area contributed by atoms with Crippen LogP contribution in [0.2, 0.25) is 0 Å². The van der Waals surface area contributed by atoms with E-state index in [9.17, 15) is 4.79 Å². The van der Waals surface area contributed by atoms with Crippen LogP contribution in [-0.2, 0) is 0 Å². The molecular weight excluding hydrogens is 119 g/mol. The number of nitrogens with two attached hydrogens (primary N) is 1. The van der Waals surface area contributed by atoms with Gasteiger partial charge in [0.1, 0.15) is 5.82 Å². The fraction of sp³-hybridized carbons (Fsp3) is 0.200. The standard InChI is InChI=1S/C5H7N3O/c1-3-2-7-5(9)8-4(3)6/h2H,1H3,(H3,6,7,8,9)/i5+1. The third kappa shape index (κ3) is 1.07. The van der Waals surface area contributed by atoms with Gasteiger partial charge in [0, 0.05) is 11.8 Å². The maximum atomic E-state index is 10.4. The molecule has 48 valence electrons. The molecule has 4 nitrogen and oxygen atoms in total. The van der Waals surface area contributed by atoms with Crippen LogP contribution in [0, 0.1) is 6.92 Å². The Kier molecular flexibility index (Phi) is 1.22. The largest absolute Gasteiger partial charge is 0.383 e. The van der Waals surface area contributed by atoms with Gasteiger partial charge >= 0.3 is 5.69 Å². The predicted molar refractivity (Wildman–Crippen MR) is 34.0 cm³/mol. The molecule has 9 heavy (non-hydrogen) atoms. The van der Waals surface area contributed by atoms with Crippen molar-refractivity contribution in [3.63, 3.8) is 0 Å². The number of nitrogens with zero attached hydrogens (tertiary/aromatic N) is 1. The van der Waals surface area contributed by atoms with Gasteiger partial charge in [-0.2, -0.15) is 4.98 Å². The molecule has 1 aromatic rings. The van der Waals surface area contributed by atoms with E-state index in [-0.39, 0.29) is 0 Å². The Morgan fingerprint density at radius 1 is 1.78 bits per heavy atom. The van der Waals surface area contributed by atoms with E-state index in [0.717, 1.165) is 5.56 Å². The monoisotopic (exact) mass is 126 g/mol. The highest BCUT2D eigenvalue weighted by molar-refractivity contribution is 5.34. The van der Waals surface area contributed by atoms with Crippen molar-refractivity contribution < 1.29 is 0 Å². The average Bonchev–Trinajstić information content (AvgIpc) is 1.80. The number of H-pyrrole nitrogens is 1. The van der Waals surface area contributed by atoms with Gasteiger partial charge in [-0.15, -0.1) is 0 Å². The fourth-order valence-electron chi connectivity index (χ4n) is 0.474. The first-order valence-corrected chi connectivity index (χ1v) is 2.52. The van der Waals surface area contributed by atoms with Gasteiger partial charge in [-0.3, -0.25) is 0 Å². The van der Waals surface area contributed by atoms with E-state index in [1.54, 1.807) is 6.92 Å². The minimum atomic E-state index is -0.405. The average molecular weight is 126 g/mol. The van der Waals surface area contributed by atoms with Crippen LogP contribution in [0.5, 0.6) is 0 Å². The van der Waals surface area contributed by atoms with Gasteiger partial charge in [-0.1, -0.05) is 0 Å². The second-order valence-electron chi connectivity index (χ2n) is 1.77. The number of hydrogen-bond acceptors (Lipinski definition) is 3. The molecule has 0 atom stereocenters. The molecule has 0 aromatic carbocycles. The highest BCUT2D eigenvalue weighted by atomic mass is 16.2. The number of rotatable bonds is 0. The summed E-state index contributed by atoms with van der Waals surface area (Å²) in [5.41, 5.74) is 5.67. The number of aryl methyl sites for hydroxylation is 1. The zero-order chi connectivity index (χ0) is 6.85. The topological polar surface area (TPSA) is 71.8 Å². The summed E-state index contributed by atoms with van der Waals surface area (Å²) in [4.78, 5) is 16.2. The Bertz CT molecular complexity index is 265. The molecule has 0 aliphatic rings. The van der Waals surface area contributed by atoms with Crippen molar-refractivity contribution in [2.45, 2.75) is 6.92 Å². The highest BCUT2D eigenvalue weighted by Crippen LogP contribution is 1.97. The van der Waals surface area contributed by atoms with Gasteiger partial charge in [-0.05, 0) is 6.92 Å². The molecule has 0 saturated heterocycles. The lowest BCUT2D eigenvalue weighted by Crippen LogP contribution is -2.12. The minimum Gasteiger partial charge on any atom is -0.383 e. The Morgan fingerprint density at radius 2 is 2.44 bits per heavy atom. The van der Waals surface area contributed by atoms with Gasteiger partial charge in [-0.25, -0.2) is 4.79 Å². The lowest BCUT2D eigenvalue weighted by molar-refractivity contribution is 1.06. The smallest absolute Gasteiger partial charge is 0.346 e. The molecule has 0 amide bonds. The molecular formula is C5H7N3O. The molecule has 0 aliphatic heterocycles.